The van der Waals surface area contributed by atoms with Crippen LogP contribution >= 0.6 is 0 Å². The molecule has 1 aliphatic rings. The van der Waals surface area contributed by atoms with Gasteiger partial charge in [0.05, 0.1) is 12.8 Å². The van der Waals surface area contributed by atoms with Crippen molar-refractivity contribution in [3.63, 3.8) is 0 Å². The average Bonchev–Trinajstić information content (AvgIpc) is 2.79. The minimum absolute atomic E-state index is 0.246. The number of benzene rings is 2. The molecule has 0 aliphatic heterocycles. The van der Waals surface area contributed by atoms with Crippen molar-refractivity contribution < 1.29 is 19.0 Å². The van der Waals surface area contributed by atoms with Gasteiger partial charge in [0.2, 0.25) is 0 Å². The molecule has 2 amide bonds. The number of rotatable bonds is 10. The van der Waals surface area contributed by atoms with Gasteiger partial charge in [-0.2, -0.15) is 5.10 Å². The van der Waals surface area contributed by atoms with Crippen LogP contribution in [-0.2, 0) is 0 Å². The zero-order chi connectivity index (χ0) is 21.7. The number of hydrogen-bond donors (Lipinski definition) is 2. The Labute approximate surface area is 183 Å². The molecular weight excluding hydrogens is 394 g/mol. The van der Waals surface area contributed by atoms with E-state index in [4.69, 9.17) is 14.2 Å². The summed E-state index contributed by atoms with van der Waals surface area (Å²) in [5.74, 6) is 2.07. The molecule has 166 valence electrons. The summed E-state index contributed by atoms with van der Waals surface area (Å²) in [5.41, 5.74) is 3.33. The quantitative estimate of drug-likeness (QED) is 0.333. The molecule has 0 unspecified atom stereocenters. The number of amides is 2. The van der Waals surface area contributed by atoms with E-state index in [1.165, 1.54) is 19.3 Å². The Morgan fingerprint density at radius 2 is 1.77 bits per heavy atom. The molecule has 2 aromatic carbocycles. The number of hydrogen-bond acceptors (Lipinski definition) is 5. The van der Waals surface area contributed by atoms with Crippen LogP contribution in [0, 0.1) is 0 Å². The lowest BCUT2D eigenvalue weighted by molar-refractivity contribution is 0.208. The van der Waals surface area contributed by atoms with Crippen LogP contribution in [0.1, 0.15) is 44.6 Å². The summed E-state index contributed by atoms with van der Waals surface area (Å²) in [6, 6.07) is 15.1. The van der Waals surface area contributed by atoms with E-state index < -0.39 is 0 Å². The zero-order valence-corrected chi connectivity index (χ0v) is 18.0. The molecule has 31 heavy (non-hydrogen) atoms. The molecule has 1 saturated carbocycles. The van der Waals surface area contributed by atoms with Gasteiger partial charge in [-0.15, -0.1) is 0 Å². The smallest absolute Gasteiger partial charge is 0.335 e. The minimum atomic E-state index is -0.272. The van der Waals surface area contributed by atoms with Gasteiger partial charge in [-0.25, -0.2) is 10.2 Å². The van der Waals surface area contributed by atoms with E-state index in [0.29, 0.717) is 31.3 Å². The fraction of sp³-hybridized carbons (Fsp3) is 0.417. The molecule has 1 aliphatic carbocycles. The lowest BCUT2D eigenvalue weighted by Gasteiger charge is -2.22. The summed E-state index contributed by atoms with van der Waals surface area (Å²) in [7, 11) is 0. The number of carbonyl (C=O) groups excluding carboxylic acids is 1. The second kappa shape index (κ2) is 12.5. The first-order valence-electron chi connectivity index (χ1n) is 10.9. The van der Waals surface area contributed by atoms with Crippen molar-refractivity contribution in [2.24, 2.45) is 5.10 Å². The van der Waals surface area contributed by atoms with Crippen LogP contribution in [0.4, 0.5) is 4.79 Å². The van der Waals surface area contributed by atoms with Crippen molar-refractivity contribution in [2.45, 2.75) is 45.1 Å². The molecular formula is C24H31N3O4. The Balaban J connectivity index is 1.47. The Morgan fingerprint density at radius 1 is 1.00 bits per heavy atom. The van der Waals surface area contributed by atoms with Crippen molar-refractivity contribution in [1.29, 1.82) is 0 Å². The summed E-state index contributed by atoms with van der Waals surface area (Å²) in [4.78, 5) is 12.0. The molecule has 7 nitrogen and oxygen atoms in total. The average molecular weight is 426 g/mol. The van der Waals surface area contributed by atoms with E-state index in [9.17, 15) is 4.79 Å². The van der Waals surface area contributed by atoms with Gasteiger partial charge in [0, 0.05) is 6.04 Å². The minimum Gasteiger partial charge on any atom is -0.490 e. The Bertz CT molecular complexity index is 836. The maximum Gasteiger partial charge on any atom is 0.335 e. The number of urea groups is 1. The number of ether oxygens (including phenoxy) is 3. The summed E-state index contributed by atoms with van der Waals surface area (Å²) in [6.45, 7) is 3.25. The van der Waals surface area contributed by atoms with Gasteiger partial charge in [0.25, 0.3) is 0 Å². The second-order valence-electron chi connectivity index (χ2n) is 7.33. The molecule has 0 atom stereocenters. The van der Waals surface area contributed by atoms with Gasteiger partial charge in [0.15, 0.2) is 11.5 Å². The maximum atomic E-state index is 12.0. The standard InChI is InChI=1S/C24H31N3O4/c1-2-29-23-17-19(18-25-27-24(28)26-20-9-5-3-6-10-20)13-14-22(23)31-16-15-30-21-11-7-4-8-12-21/h4,7-8,11-14,17-18,20H,2-3,5-6,9-10,15-16H2,1H3,(H2,26,27,28). The molecule has 0 bridgehead atoms. The molecule has 0 radical (unpaired) electrons. The highest BCUT2D eigenvalue weighted by atomic mass is 16.5. The summed E-state index contributed by atoms with van der Waals surface area (Å²) < 4.78 is 17.2. The van der Waals surface area contributed by atoms with Crippen molar-refractivity contribution in [1.82, 2.24) is 10.7 Å². The van der Waals surface area contributed by atoms with Gasteiger partial charge < -0.3 is 19.5 Å². The first-order chi connectivity index (χ1) is 15.2. The molecule has 2 aromatic rings. The van der Waals surface area contributed by atoms with Crippen molar-refractivity contribution in [2.75, 3.05) is 19.8 Å². The first kappa shape index (κ1) is 22.5. The van der Waals surface area contributed by atoms with E-state index in [2.05, 4.69) is 15.8 Å². The third-order valence-corrected chi connectivity index (χ3v) is 4.94. The number of carbonyl (C=O) groups is 1. The Kier molecular flexibility index (Phi) is 9.04. The molecule has 0 spiro atoms. The SMILES string of the molecule is CCOc1cc(C=NNC(=O)NC2CCCCC2)ccc1OCCOc1ccccc1. The van der Waals surface area contributed by atoms with E-state index in [1.54, 1.807) is 6.21 Å². The summed E-state index contributed by atoms with van der Waals surface area (Å²) in [5, 5.41) is 7.01. The van der Waals surface area contributed by atoms with Gasteiger partial charge in [0.1, 0.15) is 19.0 Å². The summed E-state index contributed by atoms with van der Waals surface area (Å²) >= 11 is 0. The fourth-order valence-electron chi connectivity index (χ4n) is 3.45. The zero-order valence-electron chi connectivity index (χ0n) is 18.0. The maximum absolute atomic E-state index is 12.0. The van der Waals surface area contributed by atoms with E-state index in [-0.39, 0.29) is 12.1 Å². The van der Waals surface area contributed by atoms with Crippen LogP contribution < -0.4 is 25.0 Å². The van der Waals surface area contributed by atoms with E-state index in [0.717, 1.165) is 24.2 Å². The fourth-order valence-corrected chi connectivity index (χ4v) is 3.45. The number of hydrazone groups is 1. The van der Waals surface area contributed by atoms with Crippen molar-refractivity contribution >= 4 is 12.2 Å². The third-order valence-electron chi connectivity index (χ3n) is 4.94. The van der Waals surface area contributed by atoms with Crippen LogP contribution in [0.25, 0.3) is 0 Å². The first-order valence-corrected chi connectivity index (χ1v) is 10.9. The summed E-state index contributed by atoms with van der Waals surface area (Å²) in [6.07, 6.45) is 7.24. The molecule has 0 aromatic heterocycles. The van der Waals surface area contributed by atoms with Gasteiger partial charge in [-0.05, 0) is 55.7 Å². The Hall–Kier alpha value is -3.22. The molecule has 2 N–H and O–H groups in total. The normalized spacial score (nSPS) is 14.2. The van der Waals surface area contributed by atoms with E-state index >= 15 is 0 Å². The monoisotopic (exact) mass is 425 g/mol. The number of nitrogens with zero attached hydrogens (tertiary/aromatic N) is 1. The lowest BCUT2D eigenvalue weighted by atomic mass is 9.96. The lowest BCUT2D eigenvalue weighted by Crippen LogP contribution is -2.41. The van der Waals surface area contributed by atoms with Crippen molar-refractivity contribution in [3.05, 3.63) is 54.1 Å². The predicted molar refractivity (Wildman–Crippen MR) is 121 cm³/mol. The van der Waals surface area contributed by atoms with Crippen LogP contribution in [0.15, 0.2) is 53.6 Å². The Morgan fingerprint density at radius 3 is 2.55 bits per heavy atom. The molecule has 7 heteroatoms. The van der Waals surface area contributed by atoms with Gasteiger partial charge in [-0.1, -0.05) is 37.5 Å². The van der Waals surface area contributed by atoms with Crippen molar-refractivity contribution in [3.8, 4) is 17.2 Å². The predicted octanol–water partition coefficient (Wildman–Crippen LogP) is 4.51. The van der Waals surface area contributed by atoms with Gasteiger partial charge in [-0.3, -0.25) is 0 Å². The highest BCUT2D eigenvalue weighted by Crippen LogP contribution is 2.28. The number of nitrogens with one attached hydrogen (secondary N) is 2. The molecule has 1 fully saturated rings. The largest absolute Gasteiger partial charge is 0.490 e. The highest BCUT2D eigenvalue weighted by Gasteiger charge is 2.15. The van der Waals surface area contributed by atoms with Gasteiger partial charge >= 0.3 is 6.03 Å². The van der Waals surface area contributed by atoms with Crippen LogP contribution in [0.5, 0.6) is 17.2 Å². The molecule has 3 rings (SSSR count). The molecule has 0 saturated heterocycles. The topological polar surface area (TPSA) is 81.2 Å². The third kappa shape index (κ3) is 7.85. The van der Waals surface area contributed by atoms with Crippen LogP contribution in [0.3, 0.4) is 0 Å². The van der Waals surface area contributed by atoms with Crippen LogP contribution in [-0.4, -0.2) is 38.1 Å². The highest BCUT2D eigenvalue weighted by molar-refractivity contribution is 5.82. The van der Waals surface area contributed by atoms with Crippen LogP contribution in [0.2, 0.25) is 0 Å². The number of para-hydroxylation sites is 1. The van der Waals surface area contributed by atoms with E-state index in [1.807, 2.05) is 55.5 Å². The molecule has 0 heterocycles. The second-order valence-corrected chi connectivity index (χ2v) is 7.33.